The average Bonchev–Trinajstić information content (AvgIpc) is 3.85. The molecule has 0 radical (unpaired) electrons. The van der Waals surface area contributed by atoms with E-state index in [1.165, 1.54) is 20.2 Å². The van der Waals surface area contributed by atoms with Gasteiger partial charge in [0.05, 0.1) is 21.3 Å². The van der Waals surface area contributed by atoms with Crippen LogP contribution >= 0.6 is 22.7 Å². The monoisotopic (exact) mass is 638 g/mol. The number of benzene rings is 6. The number of hydrogen-bond donors (Lipinski definition) is 0. The Labute approximate surface area is 276 Å². The summed E-state index contributed by atoms with van der Waals surface area (Å²) >= 11 is 3.47. The quantitative estimate of drug-likeness (QED) is 0.192. The molecule has 0 aliphatic carbocycles. The summed E-state index contributed by atoms with van der Waals surface area (Å²) in [6.45, 7) is 0. The Morgan fingerprint density at radius 3 is 1.87 bits per heavy atom. The third-order valence-corrected chi connectivity index (χ3v) is 10.8. The lowest BCUT2D eigenvalue weighted by molar-refractivity contribution is 0.670. The fourth-order valence-electron chi connectivity index (χ4n) is 6.36. The first-order valence-corrected chi connectivity index (χ1v) is 16.9. The molecule has 0 bridgehead atoms. The molecule has 0 amide bonds. The first-order valence-electron chi connectivity index (χ1n) is 15.3. The van der Waals surface area contributed by atoms with Crippen LogP contribution in [0.15, 0.2) is 138 Å². The summed E-state index contributed by atoms with van der Waals surface area (Å²) in [5.41, 5.74) is 6.19. The average molecular weight is 639 g/mol. The highest BCUT2D eigenvalue weighted by molar-refractivity contribution is 7.25. The zero-order chi connectivity index (χ0) is 30.9. The summed E-state index contributed by atoms with van der Waals surface area (Å²) in [6, 6.07) is 45.8. The van der Waals surface area contributed by atoms with E-state index in [-0.39, 0.29) is 0 Å². The van der Waals surface area contributed by atoms with Gasteiger partial charge in [-0.05, 0) is 48.5 Å². The smallest absolute Gasteiger partial charge is 0.167 e. The van der Waals surface area contributed by atoms with Gasteiger partial charge in [-0.25, -0.2) is 19.9 Å². The van der Waals surface area contributed by atoms with Gasteiger partial charge in [-0.3, -0.25) is 0 Å². The van der Waals surface area contributed by atoms with Crippen LogP contribution in [0.3, 0.4) is 0 Å². The maximum absolute atomic E-state index is 6.77. The summed E-state index contributed by atoms with van der Waals surface area (Å²) in [7, 11) is 0. The van der Waals surface area contributed by atoms with Gasteiger partial charge in [-0.1, -0.05) is 84.9 Å². The number of furan rings is 1. The van der Waals surface area contributed by atoms with Gasteiger partial charge in [0.2, 0.25) is 0 Å². The molecule has 47 heavy (non-hydrogen) atoms. The van der Waals surface area contributed by atoms with Gasteiger partial charge < -0.3 is 4.42 Å². The third kappa shape index (κ3) is 4.28. The number of hydrogen-bond acceptors (Lipinski definition) is 7. The minimum atomic E-state index is 0.565. The van der Waals surface area contributed by atoms with E-state index in [1.807, 2.05) is 60.7 Å². The Kier molecular flexibility index (Phi) is 5.85. The highest BCUT2D eigenvalue weighted by Crippen LogP contribution is 2.42. The molecule has 220 valence electrons. The summed E-state index contributed by atoms with van der Waals surface area (Å²) < 4.78 is 10.4. The lowest BCUT2D eigenvalue weighted by Gasteiger charge is -2.09. The van der Waals surface area contributed by atoms with Crippen molar-refractivity contribution in [3.8, 4) is 44.7 Å². The lowest BCUT2D eigenvalue weighted by atomic mass is 10.1. The molecule has 10 rings (SSSR count). The van der Waals surface area contributed by atoms with Gasteiger partial charge in [-0.15, -0.1) is 22.7 Å². The minimum absolute atomic E-state index is 0.565. The molecule has 0 aliphatic rings. The first kappa shape index (κ1) is 26.5. The molecule has 7 heteroatoms. The Morgan fingerprint density at radius 1 is 0.404 bits per heavy atom. The molecule has 4 heterocycles. The summed E-state index contributed by atoms with van der Waals surface area (Å²) in [5, 5.41) is 5.42. The van der Waals surface area contributed by atoms with E-state index in [1.54, 1.807) is 22.7 Å². The highest BCUT2D eigenvalue weighted by atomic mass is 32.1. The van der Waals surface area contributed by atoms with Crippen LogP contribution < -0.4 is 0 Å². The van der Waals surface area contributed by atoms with Crippen LogP contribution in [0.25, 0.3) is 97.1 Å². The van der Waals surface area contributed by atoms with Crippen LogP contribution in [0.2, 0.25) is 0 Å². The van der Waals surface area contributed by atoms with E-state index in [4.69, 9.17) is 24.4 Å². The molecule has 0 saturated heterocycles. The second-order valence-corrected chi connectivity index (χ2v) is 13.5. The largest absolute Gasteiger partial charge is 0.455 e. The van der Waals surface area contributed by atoms with Gasteiger partial charge in [0.25, 0.3) is 0 Å². The number of thiazole rings is 1. The van der Waals surface area contributed by atoms with E-state index in [9.17, 15) is 0 Å². The summed E-state index contributed by atoms with van der Waals surface area (Å²) in [5.74, 6) is 1.80. The van der Waals surface area contributed by atoms with Crippen molar-refractivity contribution in [2.75, 3.05) is 0 Å². The fourth-order valence-corrected chi connectivity index (χ4v) is 8.43. The van der Waals surface area contributed by atoms with Gasteiger partial charge in [0, 0.05) is 42.1 Å². The van der Waals surface area contributed by atoms with Gasteiger partial charge in [0.15, 0.2) is 17.5 Å². The molecule has 0 N–H and O–H groups in total. The van der Waals surface area contributed by atoms with Crippen molar-refractivity contribution < 1.29 is 4.42 Å². The molecule has 0 aliphatic heterocycles. The number of para-hydroxylation sites is 3. The SMILES string of the molecule is c1ccc(-c2nc(-c3ccc4sc5ccccc5c4c3)nc(-c3cccc4c3oc3c(-c5nc6ccccc6s5)cccc34)n2)cc1. The molecular formula is C40H22N4OS2. The molecule has 0 spiro atoms. The molecule has 0 fully saturated rings. The second kappa shape index (κ2) is 10.4. The zero-order valence-electron chi connectivity index (χ0n) is 24.7. The van der Waals surface area contributed by atoms with Gasteiger partial charge >= 0.3 is 0 Å². The van der Waals surface area contributed by atoms with Crippen molar-refractivity contribution in [1.29, 1.82) is 0 Å². The van der Waals surface area contributed by atoms with Gasteiger partial charge in [0.1, 0.15) is 16.2 Å². The fraction of sp³-hybridized carbons (Fsp3) is 0. The number of thiophene rings is 1. The zero-order valence-corrected chi connectivity index (χ0v) is 26.3. The molecule has 0 unspecified atom stereocenters. The van der Waals surface area contributed by atoms with Crippen LogP contribution in [0, 0.1) is 0 Å². The predicted octanol–water partition coefficient (Wildman–Crippen LogP) is 11.4. The number of fused-ring (bicyclic) bond motifs is 7. The molecule has 10 aromatic rings. The maximum Gasteiger partial charge on any atom is 0.167 e. The number of rotatable bonds is 4. The Bertz CT molecular complexity index is 2780. The molecule has 6 aromatic carbocycles. The van der Waals surface area contributed by atoms with E-state index in [0.29, 0.717) is 17.5 Å². The van der Waals surface area contributed by atoms with Crippen molar-refractivity contribution in [2.45, 2.75) is 0 Å². The summed E-state index contributed by atoms with van der Waals surface area (Å²) in [6.07, 6.45) is 0. The Morgan fingerprint density at radius 2 is 1.04 bits per heavy atom. The molecule has 5 nitrogen and oxygen atoms in total. The first-order chi connectivity index (χ1) is 23.3. The van der Waals surface area contributed by atoms with Crippen LogP contribution in [0.4, 0.5) is 0 Å². The highest BCUT2D eigenvalue weighted by Gasteiger charge is 2.20. The topological polar surface area (TPSA) is 64.7 Å². The summed E-state index contributed by atoms with van der Waals surface area (Å²) in [4.78, 5) is 20.1. The Hall–Kier alpha value is -5.76. The van der Waals surface area contributed by atoms with Crippen LogP contribution in [-0.2, 0) is 0 Å². The van der Waals surface area contributed by atoms with E-state index in [0.717, 1.165) is 59.4 Å². The van der Waals surface area contributed by atoms with Gasteiger partial charge in [-0.2, -0.15) is 0 Å². The normalized spacial score (nSPS) is 11.8. The van der Waals surface area contributed by atoms with Crippen LogP contribution in [0.1, 0.15) is 0 Å². The predicted molar refractivity (Wildman–Crippen MR) is 195 cm³/mol. The minimum Gasteiger partial charge on any atom is -0.455 e. The van der Waals surface area contributed by atoms with Crippen molar-refractivity contribution in [3.63, 3.8) is 0 Å². The Balaban J connectivity index is 1.19. The lowest BCUT2D eigenvalue weighted by Crippen LogP contribution is -2.00. The standard InChI is InChI=1S/C40H22N4OS2/c1-2-10-23(11-3-1)37-42-38(24-20-21-33-30(22-24)25-12-4-6-18-32(25)46-33)44-39(43-37)28-15-8-13-26-27-14-9-16-29(36(27)45-35(26)28)40-41-31-17-5-7-19-34(31)47-40/h1-22H. The van der Waals surface area contributed by atoms with Crippen molar-refractivity contribution >= 4 is 75.0 Å². The van der Waals surface area contributed by atoms with Crippen molar-refractivity contribution in [1.82, 2.24) is 19.9 Å². The second-order valence-electron chi connectivity index (χ2n) is 11.4. The van der Waals surface area contributed by atoms with Crippen LogP contribution in [-0.4, -0.2) is 19.9 Å². The van der Waals surface area contributed by atoms with E-state index in [2.05, 4.69) is 72.8 Å². The molecule has 0 atom stereocenters. The van der Waals surface area contributed by atoms with Crippen LogP contribution in [0.5, 0.6) is 0 Å². The molecule has 4 aromatic heterocycles. The molecule has 0 saturated carbocycles. The maximum atomic E-state index is 6.77. The number of aromatic nitrogens is 4. The van der Waals surface area contributed by atoms with Crippen molar-refractivity contribution in [3.05, 3.63) is 133 Å². The third-order valence-electron chi connectivity index (χ3n) is 8.59. The van der Waals surface area contributed by atoms with Crippen molar-refractivity contribution in [2.24, 2.45) is 0 Å². The molecular weight excluding hydrogens is 617 g/mol. The van der Waals surface area contributed by atoms with E-state index >= 15 is 0 Å². The van der Waals surface area contributed by atoms with E-state index < -0.39 is 0 Å². The number of nitrogens with zero attached hydrogens (tertiary/aromatic N) is 4.